The highest BCUT2D eigenvalue weighted by Gasteiger charge is 2.41. The fraction of sp³-hybridized carbons (Fsp3) is 0.769. The van der Waals surface area contributed by atoms with E-state index in [0.29, 0.717) is 19.5 Å². The largest absolute Gasteiger partial charge is 0.481 e. The molecule has 1 aliphatic rings. The Hall–Kier alpha value is -1.43. The van der Waals surface area contributed by atoms with Crippen molar-refractivity contribution in [2.24, 2.45) is 0 Å². The van der Waals surface area contributed by atoms with Crippen molar-refractivity contribution in [3.63, 3.8) is 0 Å². The van der Waals surface area contributed by atoms with Gasteiger partial charge in [-0.3, -0.25) is 24.2 Å². The third-order valence-electron chi connectivity index (χ3n) is 3.41. The first kappa shape index (κ1) is 15.6. The van der Waals surface area contributed by atoms with Crippen molar-refractivity contribution in [3.8, 4) is 0 Å². The molecule has 19 heavy (non-hydrogen) atoms. The maximum atomic E-state index is 12.1. The van der Waals surface area contributed by atoms with Gasteiger partial charge in [-0.2, -0.15) is 0 Å². The maximum Gasteiger partial charge on any atom is 0.303 e. The number of likely N-dealkylation sites (tertiary alicyclic amines) is 1. The minimum atomic E-state index is -0.840. The SMILES string of the molecule is CCN1C(=O)CC(N(CCCC(=O)O)C(C)C)C1=O. The van der Waals surface area contributed by atoms with Gasteiger partial charge in [-0.15, -0.1) is 0 Å². The van der Waals surface area contributed by atoms with E-state index in [1.807, 2.05) is 18.7 Å². The highest BCUT2D eigenvalue weighted by atomic mass is 16.4. The normalized spacial score (nSPS) is 19.8. The van der Waals surface area contributed by atoms with Crippen molar-refractivity contribution in [2.75, 3.05) is 13.1 Å². The number of carbonyl (C=O) groups excluding carboxylic acids is 2. The highest BCUT2D eigenvalue weighted by Crippen LogP contribution is 2.21. The molecular weight excluding hydrogens is 248 g/mol. The van der Waals surface area contributed by atoms with E-state index in [1.165, 1.54) is 4.90 Å². The molecule has 1 rings (SSSR count). The van der Waals surface area contributed by atoms with E-state index in [9.17, 15) is 14.4 Å². The Balaban J connectivity index is 2.69. The van der Waals surface area contributed by atoms with Crippen LogP contribution >= 0.6 is 0 Å². The monoisotopic (exact) mass is 270 g/mol. The molecule has 2 amide bonds. The molecular formula is C13H22N2O4. The van der Waals surface area contributed by atoms with Gasteiger partial charge in [-0.05, 0) is 33.7 Å². The number of imide groups is 1. The summed E-state index contributed by atoms with van der Waals surface area (Å²) >= 11 is 0. The molecule has 1 fully saturated rings. The average Bonchev–Trinajstić information content (AvgIpc) is 2.59. The van der Waals surface area contributed by atoms with E-state index in [2.05, 4.69) is 0 Å². The van der Waals surface area contributed by atoms with Crippen LogP contribution in [0.1, 0.15) is 40.0 Å². The lowest BCUT2D eigenvalue weighted by molar-refractivity contribution is -0.139. The highest BCUT2D eigenvalue weighted by molar-refractivity contribution is 6.05. The van der Waals surface area contributed by atoms with E-state index < -0.39 is 12.0 Å². The number of likely N-dealkylation sites (N-methyl/N-ethyl adjacent to an activating group) is 1. The van der Waals surface area contributed by atoms with Crippen LogP contribution in [0, 0.1) is 0 Å². The third kappa shape index (κ3) is 3.76. The number of aliphatic carboxylic acids is 1. The zero-order chi connectivity index (χ0) is 14.6. The first-order valence-corrected chi connectivity index (χ1v) is 6.70. The minimum Gasteiger partial charge on any atom is -0.481 e. The number of nitrogens with zero attached hydrogens (tertiary/aromatic N) is 2. The van der Waals surface area contributed by atoms with Gasteiger partial charge < -0.3 is 5.11 Å². The first-order valence-electron chi connectivity index (χ1n) is 6.70. The molecule has 0 radical (unpaired) electrons. The summed E-state index contributed by atoms with van der Waals surface area (Å²) < 4.78 is 0. The van der Waals surface area contributed by atoms with Gasteiger partial charge in [0.15, 0.2) is 0 Å². The molecule has 108 valence electrons. The fourth-order valence-electron chi connectivity index (χ4n) is 2.44. The second-order valence-corrected chi connectivity index (χ2v) is 5.03. The predicted molar refractivity (Wildman–Crippen MR) is 69.5 cm³/mol. The van der Waals surface area contributed by atoms with Crippen molar-refractivity contribution in [2.45, 2.75) is 52.1 Å². The van der Waals surface area contributed by atoms with E-state index >= 15 is 0 Å². The standard InChI is InChI=1S/C13H22N2O4/c1-4-14-11(16)8-10(13(14)19)15(9(2)3)7-5-6-12(17)18/h9-10H,4-8H2,1-3H3,(H,17,18). The number of hydrogen-bond donors (Lipinski definition) is 1. The Labute approximate surface area is 113 Å². The Morgan fingerprint density at radius 1 is 1.47 bits per heavy atom. The van der Waals surface area contributed by atoms with Crippen LogP contribution in [0.5, 0.6) is 0 Å². The van der Waals surface area contributed by atoms with Crippen molar-refractivity contribution < 1.29 is 19.5 Å². The fourth-order valence-corrected chi connectivity index (χ4v) is 2.44. The summed E-state index contributed by atoms with van der Waals surface area (Å²) in [6.45, 7) is 6.60. The Morgan fingerprint density at radius 2 is 2.11 bits per heavy atom. The maximum absolute atomic E-state index is 12.1. The lowest BCUT2D eigenvalue weighted by Gasteiger charge is -2.30. The zero-order valence-electron chi connectivity index (χ0n) is 11.8. The molecule has 0 bridgehead atoms. The van der Waals surface area contributed by atoms with Gasteiger partial charge in [0.05, 0.1) is 12.5 Å². The average molecular weight is 270 g/mol. The molecule has 0 aromatic carbocycles. The first-order chi connectivity index (χ1) is 8.88. The number of carboxylic acids is 1. The van der Waals surface area contributed by atoms with Crippen LogP contribution in [0.3, 0.4) is 0 Å². The molecule has 1 heterocycles. The Bertz CT molecular complexity index is 368. The van der Waals surface area contributed by atoms with Crippen molar-refractivity contribution in [1.82, 2.24) is 9.80 Å². The van der Waals surface area contributed by atoms with Crippen LogP contribution in [0.4, 0.5) is 0 Å². The van der Waals surface area contributed by atoms with Gasteiger partial charge >= 0.3 is 5.97 Å². The second-order valence-electron chi connectivity index (χ2n) is 5.03. The third-order valence-corrected chi connectivity index (χ3v) is 3.41. The summed E-state index contributed by atoms with van der Waals surface area (Å²) in [5.74, 6) is -1.13. The number of carbonyl (C=O) groups is 3. The minimum absolute atomic E-state index is 0.0789. The van der Waals surface area contributed by atoms with Crippen molar-refractivity contribution >= 4 is 17.8 Å². The van der Waals surface area contributed by atoms with Crippen molar-refractivity contribution in [1.29, 1.82) is 0 Å². The molecule has 0 saturated carbocycles. The summed E-state index contributed by atoms with van der Waals surface area (Å²) in [5.41, 5.74) is 0. The summed E-state index contributed by atoms with van der Waals surface area (Å²) in [6.07, 6.45) is 0.769. The molecule has 0 spiro atoms. The molecule has 1 N–H and O–H groups in total. The van der Waals surface area contributed by atoms with Crippen LogP contribution < -0.4 is 0 Å². The van der Waals surface area contributed by atoms with E-state index in [0.717, 1.165) is 0 Å². The van der Waals surface area contributed by atoms with Crippen LogP contribution in [0.2, 0.25) is 0 Å². The number of carboxylic acid groups (broad SMARTS) is 1. The molecule has 1 aliphatic heterocycles. The summed E-state index contributed by atoms with van der Waals surface area (Å²) in [5, 5.41) is 8.66. The quantitative estimate of drug-likeness (QED) is 0.689. The molecule has 0 aliphatic carbocycles. The number of hydrogen-bond acceptors (Lipinski definition) is 4. The molecule has 1 atom stereocenters. The van der Waals surface area contributed by atoms with Gasteiger partial charge in [0.25, 0.3) is 0 Å². The van der Waals surface area contributed by atoms with Gasteiger partial charge in [0.1, 0.15) is 0 Å². The predicted octanol–water partition coefficient (Wildman–Crippen LogP) is 0.709. The smallest absolute Gasteiger partial charge is 0.303 e. The van der Waals surface area contributed by atoms with E-state index in [4.69, 9.17) is 5.11 Å². The van der Waals surface area contributed by atoms with E-state index in [1.54, 1.807) is 6.92 Å². The van der Waals surface area contributed by atoms with Gasteiger partial charge in [0.2, 0.25) is 11.8 Å². The van der Waals surface area contributed by atoms with Crippen LogP contribution in [-0.2, 0) is 14.4 Å². The second kappa shape index (κ2) is 6.65. The molecule has 1 saturated heterocycles. The molecule has 6 heteroatoms. The number of rotatable bonds is 7. The molecule has 0 aromatic heterocycles. The summed E-state index contributed by atoms with van der Waals surface area (Å²) in [6, 6.07) is -0.325. The Kier molecular flexibility index (Phi) is 5.47. The zero-order valence-corrected chi connectivity index (χ0v) is 11.8. The van der Waals surface area contributed by atoms with Crippen LogP contribution in [0.25, 0.3) is 0 Å². The Morgan fingerprint density at radius 3 is 2.53 bits per heavy atom. The number of amides is 2. The summed E-state index contributed by atoms with van der Waals surface area (Å²) in [7, 11) is 0. The molecule has 1 unspecified atom stereocenters. The van der Waals surface area contributed by atoms with E-state index in [-0.39, 0.29) is 30.7 Å². The van der Waals surface area contributed by atoms with Gasteiger partial charge in [0, 0.05) is 19.0 Å². The topological polar surface area (TPSA) is 77.9 Å². The van der Waals surface area contributed by atoms with Crippen molar-refractivity contribution in [3.05, 3.63) is 0 Å². The molecule has 0 aromatic rings. The lowest BCUT2D eigenvalue weighted by Crippen LogP contribution is -2.46. The van der Waals surface area contributed by atoms with Crippen LogP contribution in [-0.4, -0.2) is 57.9 Å². The molecule has 6 nitrogen and oxygen atoms in total. The lowest BCUT2D eigenvalue weighted by atomic mass is 10.1. The van der Waals surface area contributed by atoms with Gasteiger partial charge in [-0.25, -0.2) is 0 Å². The van der Waals surface area contributed by atoms with Crippen LogP contribution in [0.15, 0.2) is 0 Å². The summed E-state index contributed by atoms with van der Waals surface area (Å²) in [4.78, 5) is 37.6. The van der Waals surface area contributed by atoms with Gasteiger partial charge in [-0.1, -0.05) is 0 Å².